The molecule has 1 fully saturated rings. The molecule has 0 spiro atoms. The van der Waals surface area contributed by atoms with Gasteiger partial charge in [-0.2, -0.15) is 17.5 Å². The minimum Gasteiger partial charge on any atom is -0.353 e. The van der Waals surface area contributed by atoms with Crippen molar-refractivity contribution in [3.05, 3.63) is 28.8 Å². The Balaban J connectivity index is 1.97. The maximum Gasteiger partial charge on any atom is 0.417 e. The van der Waals surface area contributed by atoms with Crippen molar-refractivity contribution < 1.29 is 26.4 Å². The number of amides is 1. The second-order valence-corrected chi connectivity index (χ2v) is 10.9. The molecule has 1 aliphatic rings. The zero-order chi connectivity index (χ0) is 23.4. The van der Waals surface area contributed by atoms with Gasteiger partial charge >= 0.3 is 6.18 Å². The summed E-state index contributed by atoms with van der Waals surface area (Å²) in [6, 6.07) is 2.63. The van der Waals surface area contributed by atoms with Crippen LogP contribution >= 0.6 is 11.6 Å². The second kappa shape index (κ2) is 10.5. The van der Waals surface area contributed by atoms with E-state index in [-0.39, 0.29) is 31.0 Å². The molecule has 1 aliphatic heterocycles. The molecule has 1 amide bonds. The number of halogens is 4. The number of piperidine rings is 1. The number of nitrogens with one attached hydrogen (secondary N) is 1. The lowest BCUT2D eigenvalue weighted by Gasteiger charge is -2.31. The smallest absolute Gasteiger partial charge is 0.353 e. The molecular weight excluding hydrogens is 453 g/mol. The van der Waals surface area contributed by atoms with E-state index >= 15 is 0 Å². The van der Waals surface area contributed by atoms with E-state index in [4.69, 9.17) is 11.6 Å². The van der Waals surface area contributed by atoms with Crippen LogP contribution in [-0.2, 0) is 21.0 Å². The topological polar surface area (TPSA) is 66.5 Å². The third kappa shape index (κ3) is 7.08. The fourth-order valence-corrected chi connectivity index (χ4v) is 5.38. The van der Waals surface area contributed by atoms with Crippen molar-refractivity contribution in [2.75, 3.05) is 13.1 Å². The number of carbonyl (C=O) groups is 1. The predicted octanol–water partition coefficient (Wildman–Crippen LogP) is 5.09. The fraction of sp³-hybridized carbons (Fsp3) is 0.667. The Bertz CT molecular complexity index is 867. The summed E-state index contributed by atoms with van der Waals surface area (Å²) in [5.41, 5.74) is -1.18. The molecule has 5 nitrogen and oxygen atoms in total. The van der Waals surface area contributed by atoms with E-state index in [2.05, 4.69) is 19.2 Å². The first-order valence-corrected chi connectivity index (χ1v) is 12.3. The van der Waals surface area contributed by atoms with Gasteiger partial charge in [0.2, 0.25) is 15.9 Å². The predicted molar refractivity (Wildman–Crippen MR) is 114 cm³/mol. The van der Waals surface area contributed by atoms with E-state index in [1.165, 1.54) is 0 Å². The number of benzene rings is 1. The van der Waals surface area contributed by atoms with Gasteiger partial charge in [-0.05, 0) is 50.3 Å². The van der Waals surface area contributed by atoms with Crippen molar-refractivity contribution in [1.29, 1.82) is 0 Å². The normalized spacial score (nSPS) is 17.7. The highest BCUT2D eigenvalue weighted by Crippen LogP contribution is 2.36. The molecule has 0 radical (unpaired) electrons. The molecule has 0 aromatic heterocycles. The summed E-state index contributed by atoms with van der Waals surface area (Å²) in [6.45, 7) is 6.41. The van der Waals surface area contributed by atoms with E-state index in [0.29, 0.717) is 24.8 Å². The van der Waals surface area contributed by atoms with Crippen LogP contribution in [0, 0.1) is 11.8 Å². The highest BCUT2D eigenvalue weighted by atomic mass is 35.5. The number of hydrogen-bond acceptors (Lipinski definition) is 3. The summed E-state index contributed by atoms with van der Waals surface area (Å²) < 4.78 is 66.0. The average molecular weight is 483 g/mol. The van der Waals surface area contributed by atoms with Crippen molar-refractivity contribution in [3.63, 3.8) is 0 Å². The quantitative estimate of drug-likeness (QED) is 0.561. The van der Waals surface area contributed by atoms with Gasteiger partial charge in [0, 0.05) is 25.0 Å². The molecule has 1 N–H and O–H groups in total. The lowest BCUT2D eigenvalue weighted by molar-refractivity contribution is -0.137. The Morgan fingerprint density at radius 2 is 1.81 bits per heavy atom. The Hall–Kier alpha value is -1.32. The molecule has 1 unspecified atom stereocenters. The van der Waals surface area contributed by atoms with Crippen molar-refractivity contribution in [3.8, 4) is 0 Å². The molecule has 0 saturated carbocycles. The standard InChI is InChI=1S/C21H30ClF3N2O3S/c1-14(2)5-4-6-15(3)26-20(28)16-9-11-27(12-10-16)31(29,30)17-7-8-19(22)18(13-17)21(23,24)25/h7-8,13-16H,4-6,9-12H2,1-3H3,(H,26,28). The second-order valence-electron chi connectivity index (χ2n) is 8.55. The molecule has 1 atom stereocenters. The highest BCUT2D eigenvalue weighted by Gasteiger charge is 2.37. The van der Waals surface area contributed by atoms with E-state index < -0.39 is 31.7 Å². The lowest BCUT2D eigenvalue weighted by Crippen LogP contribution is -2.44. The van der Waals surface area contributed by atoms with Gasteiger partial charge in [-0.15, -0.1) is 0 Å². The first-order valence-electron chi connectivity index (χ1n) is 10.5. The summed E-state index contributed by atoms with van der Waals surface area (Å²) in [6.07, 6.45) is -1.10. The Morgan fingerprint density at radius 3 is 2.35 bits per heavy atom. The molecule has 0 bridgehead atoms. The number of alkyl halides is 3. The molecule has 2 rings (SSSR count). The van der Waals surface area contributed by atoms with Crippen molar-refractivity contribution in [2.24, 2.45) is 11.8 Å². The van der Waals surface area contributed by atoms with Gasteiger partial charge in [-0.3, -0.25) is 4.79 Å². The minimum absolute atomic E-state index is 0.0443. The third-order valence-corrected chi connectivity index (χ3v) is 7.74. The molecule has 31 heavy (non-hydrogen) atoms. The fourth-order valence-electron chi connectivity index (χ4n) is 3.65. The molecule has 0 aliphatic carbocycles. The lowest BCUT2D eigenvalue weighted by atomic mass is 9.96. The van der Waals surface area contributed by atoms with Crippen molar-refractivity contribution in [2.45, 2.75) is 70.0 Å². The molecule has 10 heteroatoms. The van der Waals surface area contributed by atoms with Gasteiger partial charge in [-0.1, -0.05) is 38.3 Å². The van der Waals surface area contributed by atoms with Crippen LogP contribution in [0.3, 0.4) is 0 Å². The average Bonchev–Trinajstić information content (AvgIpc) is 2.67. The third-order valence-electron chi connectivity index (χ3n) is 5.51. The molecule has 1 aromatic carbocycles. The monoisotopic (exact) mass is 482 g/mol. The van der Waals surface area contributed by atoms with Crippen LogP contribution in [0.2, 0.25) is 5.02 Å². The number of rotatable bonds is 8. The maximum atomic E-state index is 13.1. The summed E-state index contributed by atoms with van der Waals surface area (Å²) in [5.74, 6) is 0.205. The van der Waals surface area contributed by atoms with Crippen molar-refractivity contribution in [1.82, 2.24) is 9.62 Å². The Kier molecular flexibility index (Phi) is 8.81. The zero-order valence-electron chi connectivity index (χ0n) is 18.0. The van der Waals surface area contributed by atoms with E-state index in [1.807, 2.05) is 6.92 Å². The van der Waals surface area contributed by atoms with Crippen LogP contribution in [0.15, 0.2) is 23.1 Å². The van der Waals surface area contributed by atoms with Gasteiger partial charge in [0.1, 0.15) is 0 Å². The molecular formula is C21H30ClF3N2O3S. The Morgan fingerprint density at radius 1 is 1.19 bits per heavy atom. The number of sulfonamides is 1. The highest BCUT2D eigenvalue weighted by molar-refractivity contribution is 7.89. The molecule has 1 saturated heterocycles. The molecule has 1 heterocycles. The number of nitrogens with zero attached hydrogens (tertiary/aromatic N) is 1. The van der Waals surface area contributed by atoms with Crippen LogP contribution in [0.1, 0.15) is 58.4 Å². The number of hydrogen-bond donors (Lipinski definition) is 1. The number of carbonyl (C=O) groups excluding carboxylic acids is 1. The summed E-state index contributed by atoms with van der Waals surface area (Å²) in [4.78, 5) is 12.1. The minimum atomic E-state index is -4.75. The van der Waals surface area contributed by atoms with Crippen LogP contribution in [0.25, 0.3) is 0 Å². The van der Waals surface area contributed by atoms with Crippen LogP contribution in [-0.4, -0.2) is 37.8 Å². The SMILES string of the molecule is CC(C)CCCC(C)NC(=O)C1CCN(S(=O)(=O)c2ccc(Cl)c(C(F)(F)F)c2)CC1. The maximum absolute atomic E-state index is 13.1. The van der Waals surface area contributed by atoms with Crippen molar-refractivity contribution >= 4 is 27.5 Å². The summed E-state index contributed by atoms with van der Waals surface area (Å²) in [7, 11) is -4.11. The summed E-state index contributed by atoms with van der Waals surface area (Å²) >= 11 is 5.59. The Labute approximate surface area is 187 Å². The van der Waals surface area contributed by atoms with Gasteiger partial charge in [0.25, 0.3) is 0 Å². The van der Waals surface area contributed by atoms with E-state index in [9.17, 15) is 26.4 Å². The van der Waals surface area contributed by atoms with E-state index in [0.717, 1.165) is 35.7 Å². The van der Waals surface area contributed by atoms with Gasteiger partial charge in [0.15, 0.2) is 0 Å². The molecule has 176 valence electrons. The summed E-state index contributed by atoms with van der Waals surface area (Å²) in [5, 5.41) is 2.44. The van der Waals surface area contributed by atoms with Crippen LogP contribution < -0.4 is 5.32 Å². The van der Waals surface area contributed by atoms with Crippen LogP contribution in [0.4, 0.5) is 13.2 Å². The first-order chi connectivity index (χ1) is 14.3. The largest absolute Gasteiger partial charge is 0.417 e. The van der Waals surface area contributed by atoms with Gasteiger partial charge in [0.05, 0.1) is 15.5 Å². The first kappa shape index (κ1) is 25.9. The van der Waals surface area contributed by atoms with E-state index in [1.54, 1.807) is 0 Å². The zero-order valence-corrected chi connectivity index (χ0v) is 19.6. The van der Waals surface area contributed by atoms with Gasteiger partial charge in [-0.25, -0.2) is 8.42 Å². The van der Waals surface area contributed by atoms with Crippen LogP contribution in [0.5, 0.6) is 0 Å². The molecule has 1 aromatic rings. The van der Waals surface area contributed by atoms with Gasteiger partial charge < -0.3 is 5.32 Å².